The van der Waals surface area contributed by atoms with Gasteiger partial charge in [0.05, 0.1) is 7.11 Å². The largest absolute Gasteiger partial charge is 0.497 e. The van der Waals surface area contributed by atoms with Crippen LogP contribution in [0.2, 0.25) is 0 Å². The average molecular weight is 306 g/mol. The lowest BCUT2D eigenvalue weighted by Crippen LogP contribution is -2.39. The van der Waals surface area contributed by atoms with E-state index in [4.69, 9.17) is 9.47 Å². The summed E-state index contributed by atoms with van der Waals surface area (Å²) in [7, 11) is 1.66. The van der Waals surface area contributed by atoms with Crippen LogP contribution in [0.15, 0.2) is 54.6 Å². The fourth-order valence-corrected chi connectivity index (χ4v) is 3.50. The number of ether oxygens (including phenoxy) is 2. The highest BCUT2D eigenvalue weighted by Crippen LogP contribution is 2.42. The molecule has 1 heterocycles. The minimum absolute atomic E-state index is 0.0808. The van der Waals surface area contributed by atoms with Crippen molar-refractivity contribution in [3.05, 3.63) is 71.3 Å². The third-order valence-corrected chi connectivity index (χ3v) is 4.66. The zero-order chi connectivity index (χ0) is 15.9. The van der Waals surface area contributed by atoms with Crippen molar-refractivity contribution in [2.24, 2.45) is 0 Å². The van der Waals surface area contributed by atoms with E-state index in [0.717, 1.165) is 40.9 Å². The summed E-state index contributed by atoms with van der Waals surface area (Å²) in [6, 6.07) is 15.7. The Hall–Kier alpha value is -2.39. The first-order valence-electron chi connectivity index (χ1n) is 7.89. The maximum Gasteiger partial charge on any atom is 0.199 e. The fourth-order valence-electron chi connectivity index (χ4n) is 3.50. The molecule has 0 aromatic heterocycles. The number of fused-ring (bicyclic) bond motifs is 1. The van der Waals surface area contributed by atoms with Gasteiger partial charge < -0.3 is 9.47 Å². The van der Waals surface area contributed by atoms with Crippen LogP contribution in [0.1, 0.15) is 34.3 Å². The Bertz CT molecular complexity index is 798. The normalized spacial score (nSPS) is 22.8. The van der Waals surface area contributed by atoms with Gasteiger partial charge in [0.15, 0.2) is 5.78 Å². The summed E-state index contributed by atoms with van der Waals surface area (Å²) in [5.74, 6) is 0.886. The van der Waals surface area contributed by atoms with Gasteiger partial charge in [0.25, 0.3) is 0 Å². The molecule has 2 aliphatic rings. The lowest BCUT2D eigenvalue weighted by molar-refractivity contribution is 0.0351. The topological polar surface area (TPSA) is 35.5 Å². The predicted molar refractivity (Wildman–Crippen MR) is 88.8 cm³/mol. The van der Waals surface area contributed by atoms with Crippen molar-refractivity contribution in [1.29, 1.82) is 0 Å². The van der Waals surface area contributed by atoms with Crippen LogP contribution in [0.4, 0.5) is 0 Å². The number of carbonyl (C=O) groups excluding carboxylic acids is 1. The lowest BCUT2D eigenvalue weighted by atomic mass is 9.77. The molecule has 1 saturated heterocycles. The van der Waals surface area contributed by atoms with E-state index >= 15 is 0 Å². The molecule has 1 atom stereocenters. The Morgan fingerprint density at radius 1 is 1.09 bits per heavy atom. The molecule has 0 bridgehead atoms. The minimum atomic E-state index is -0.799. The highest BCUT2D eigenvalue weighted by atomic mass is 16.5. The highest BCUT2D eigenvalue weighted by molar-refractivity contribution is 6.12. The minimum Gasteiger partial charge on any atom is -0.497 e. The molecule has 1 spiro atoms. The number of hydrogen-bond donors (Lipinski definition) is 0. The van der Waals surface area contributed by atoms with E-state index in [1.807, 2.05) is 54.6 Å². The van der Waals surface area contributed by atoms with Gasteiger partial charge >= 0.3 is 0 Å². The molecular weight excluding hydrogens is 288 g/mol. The number of hydrogen-bond acceptors (Lipinski definition) is 3. The van der Waals surface area contributed by atoms with Crippen LogP contribution in [0.5, 0.6) is 5.75 Å². The summed E-state index contributed by atoms with van der Waals surface area (Å²) in [5, 5.41) is 0. The van der Waals surface area contributed by atoms with Gasteiger partial charge in [0.2, 0.25) is 0 Å². The van der Waals surface area contributed by atoms with Crippen molar-refractivity contribution >= 4 is 11.4 Å². The van der Waals surface area contributed by atoms with Gasteiger partial charge in [-0.2, -0.15) is 0 Å². The summed E-state index contributed by atoms with van der Waals surface area (Å²) in [6.07, 6.45) is 3.67. The van der Waals surface area contributed by atoms with Gasteiger partial charge in [-0.1, -0.05) is 36.4 Å². The molecule has 1 fully saturated rings. The van der Waals surface area contributed by atoms with E-state index in [0.29, 0.717) is 6.61 Å². The summed E-state index contributed by atoms with van der Waals surface area (Å²) >= 11 is 0. The summed E-state index contributed by atoms with van der Waals surface area (Å²) < 4.78 is 11.2. The molecule has 1 aliphatic heterocycles. The third kappa shape index (κ3) is 2.20. The van der Waals surface area contributed by atoms with Crippen molar-refractivity contribution < 1.29 is 14.3 Å². The molecule has 3 heteroatoms. The maximum atomic E-state index is 12.9. The van der Waals surface area contributed by atoms with Crippen molar-refractivity contribution in [2.75, 3.05) is 13.7 Å². The molecule has 0 N–H and O–H groups in total. The number of methoxy groups -OCH3 is 1. The molecular formula is C20H18O3. The van der Waals surface area contributed by atoms with Gasteiger partial charge in [-0.25, -0.2) is 0 Å². The van der Waals surface area contributed by atoms with Gasteiger partial charge in [-0.15, -0.1) is 0 Å². The first-order valence-corrected chi connectivity index (χ1v) is 7.89. The van der Waals surface area contributed by atoms with Crippen molar-refractivity contribution in [3.63, 3.8) is 0 Å². The van der Waals surface area contributed by atoms with Gasteiger partial charge in [-0.05, 0) is 47.8 Å². The second-order valence-corrected chi connectivity index (χ2v) is 6.01. The van der Waals surface area contributed by atoms with Crippen molar-refractivity contribution in [2.45, 2.75) is 18.4 Å². The maximum absolute atomic E-state index is 12.9. The molecule has 0 unspecified atom stereocenters. The standard InChI is InChI=1S/C20H18O3/c1-22-15-7-4-6-14(12-15)18-13-20(10-5-11-23-20)19(21)17-9-3-2-8-16(17)18/h2-4,6-9,12-13H,5,10-11H2,1H3/t20-/m1/s1. The molecule has 116 valence electrons. The Labute approximate surface area is 135 Å². The number of rotatable bonds is 2. The molecule has 2 aromatic rings. The van der Waals surface area contributed by atoms with E-state index in [-0.39, 0.29) is 5.78 Å². The summed E-state index contributed by atoms with van der Waals surface area (Å²) in [5.41, 5.74) is 2.99. The number of Topliss-reactive ketones (excluding diaryl/α,β-unsaturated/α-hetero) is 1. The lowest BCUT2D eigenvalue weighted by Gasteiger charge is -2.31. The molecule has 4 rings (SSSR count). The van der Waals surface area contributed by atoms with E-state index in [2.05, 4.69) is 0 Å². The number of benzene rings is 2. The summed E-state index contributed by atoms with van der Waals surface area (Å²) in [6.45, 7) is 0.635. The van der Waals surface area contributed by atoms with Crippen LogP contribution in [-0.4, -0.2) is 25.1 Å². The van der Waals surface area contributed by atoms with Crippen LogP contribution >= 0.6 is 0 Å². The van der Waals surface area contributed by atoms with E-state index in [1.54, 1.807) is 7.11 Å². The summed E-state index contributed by atoms with van der Waals surface area (Å²) in [4.78, 5) is 12.9. The molecule has 0 amide bonds. The van der Waals surface area contributed by atoms with E-state index < -0.39 is 5.60 Å². The highest BCUT2D eigenvalue weighted by Gasteiger charge is 2.45. The van der Waals surface area contributed by atoms with Crippen LogP contribution in [0.25, 0.3) is 5.57 Å². The van der Waals surface area contributed by atoms with Crippen molar-refractivity contribution in [1.82, 2.24) is 0 Å². The Balaban J connectivity index is 1.93. The first-order chi connectivity index (χ1) is 11.2. The van der Waals surface area contributed by atoms with Crippen LogP contribution in [0, 0.1) is 0 Å². The van der Waals surface area contributed by atoms with Gasteiger partial charge in [0.1, 0.15) is 11.4 Å². The molecule has 23 heavy (non-hydrogen) atoms. The zero-order valence-corrected chi connectivity index (χ0v) is 13.0. The molecule has 2 aromatic carbocycles. The molecule has 0 saturated carbocycles. The Morgan fingerprint density at radius 2 is 1.91 bits per heavy atom. The van der Waals surface area contributed by atoms with Gasteiger partial charge in [-0.3, -0.25) is 4.79 Å². The molecule has 3 nitrogen and oxygen atoms in total. The molecule has 1 aliphatic carbocycles. The number of carbonyl (C=O) groups is 1. The number of ketones is 1. The average Bonchev–Trinajstić information content (AvgIpc) is 3.08. The van der Waals surface area contributed by atoms with E-state index in [9.17, 15) is 4.79 Å². The van der Waals surface area contributed by atoms with Crippen LogP contribution < -0.4 is 4.74 Å². The monoisotopic (exact) mass is 306 g/mol. The Morgan fingerprint density at radius 3 is 2.65 bits per heavy atom. The van der Waals surface area contributed by atoms with E-state index in [1.165, 1.54) is 0 Å². The van der Waals surface area contributed by atoms with Crippen LogP contribution in [0.3, 0.4) is 0 Å². The van der Waals surface area contributed by atoms with Gasteiger partial charge in [0, 0.05) is 12.2 Å². The predicted octanol–water partition coefficient (Wildman–Crippen LogP) is 3.87. The van der Waals surface area contributed by atoms with Crippen molar-refractivity contribution in [3.8, 4) is 5.75 Å². The molecule has 0 radical (unpaired) electrons. The third-order valence-electron chi connectivity index (χ3n) is 4.66. The quantitative estimate of drug-likeness (QED) is 0.845. The Kier molecular flexibility index (Phi) is 3.31. The second kappa shape index (κ2) is 5.36. The first kappa shape index (κ1) is 14.2. The van der Waals surface area contributed by atoms with Crippen LogP contribution in [-0.2, 0) is 4.74 Å². The fraction of sp³-hybridized carbons (Fsp3) is 0.250. The second-order valence-electron chi connectivity index (χ2n) is 6.01. The zero-order valence-electron chi connectivity index (χ0n) is 13.0. The SMILES string of the molecule is COc1cccc(C2=C[C@]3(CCCO3)C(=O)c3ccccc32)c1. The smallest absolute Gasteiger partial charge is 0.199 e.